The Bertz CT molecular complexity index is 1040. The van der Waals surface area contributed by atoms with Crippen molar-refractivity contribution in [2.24, 2.45) is 7.05 Å². The highest BCUT2D eigenvalue weighted by Gasteiger charge is 2.23. The second-order valence-electron chi connectivity index (χ2n) is 5.91. The molecular weight excluding hydrogens is 346 g/mol. The molecule has 0 spiro atoms. The summed E-state index contributed by atoms with van der Waals surface area (Å²) in [6.07, 6.45) is 3.25. The molecule has 0 unspecified atom stereocenters. The Kier molecular flexibility index (Phi) is 4.86. The summed E-state index contributed by atoms with van der Waals surface area (Å²) >= 11 is 0. The summed E-state index contributed by atoms with van der Waals surface area (Å²) in [6.45, 7) is 2.27. The first-order chi connectivity index (χ1) is 13.0. The van der Waals surface area contributed by atoms with Gasteiger partial charge in [-0.05, 0) is 19.1 Å². The molecule has 0 aliphatic heterocycles. The molecule has 3 aromatic rings. The molecule has 0 atom stereocenters. The highest BCUT2D eigenvalue weighted by molar-refractivity contribution is 5.96. The molecule has 0 fully saturated rings. The van der Waals surface area contributed by atoms with Crippen molar-refractivity contribution in [3.63, 3.8) is 0 Å². The fraction of sp³-hybridized carbons (Fsp3) is 0.211. The van der Waals surface area contributed by atoms with Crippen molar-refractivity contribution in [1.82, 2.24) is 14.3 Å². The van der Waals surface area contributed by atoms with Crippen LogP contribution in [0.15, 0.2) is 36.7 Å². The first-order valence-electron chi connectivity index (χ1n) is 8.16. The summed E-state index contributed by atoms with van der Waals surface area (Å²) in [6, 6.07) is 9.18. The number of ether oxygens (including phenoxy) is 2. The summed E-state index contributed by atoms with van der Waals surface area (Å²) in [4.78, 5) is 12.2. The SMILES string of the molecule is COC(=O)c1c(N)c(C#N)cn1-c1ccccc1OCc1cnn(C)c1C. The lowest BCUT2D eigenvalue weighted by Gasteiger charge is -2.14. The second-order valence-corrected chi connectivity index (χ2v) is 5.91. The van der Waals surface area contributed by atoms with Crippen molar-refractivity contribution in [3.8, 4) is 17.5 Å². The molecule has 0 aliphatic rings. The Morgan fingerprint density at radius 1 is 1.37 bits per heavy atom. The third-order valence-electron chi connectivity index (χ3n) is 4.39. The number of para-hydroxylation sites is 2. The van der Waals surface area contributed by atoms with E-state index in [2.05, 4.69) is 5.10 Å². The van der Waals surface area contributed by atoms with E-state index in [-0.39, 0.29) is 16.9 Å². The average Bonchev–Trinajstić information content (AvgIpc) is 3.19. The number of aryl methyl sites for hydroxylation is 1. The van der Waals surface area contributed by atoms with Gasteiger partial charge in [0.25, 0.3) is 0 Å². The van der Waals surface area contributed by atoms with Gasteiger partial charge in [0.15, 0.2) is 5.69 Å². The van der Waals surface area contributed by atoms with Gasteiger partial charge < -0.3 is 19.8 Å². The van der Waals surface area contributed by atoms with Gasteiger partial charge in [-0.3, -0.25) is 4.68 Å². The van der Waals surface area contributed by atoms with E-state index in [4.69, 9.17) is 15.2 Å². The van der Waals surface area contributed by atoms with Crippen LogP contribution in [0.5, 0.6) is 5.75 Å². The van der Waals surface area contributed by atoms with Gasteiger partial charge in [0.05, 0.1) is 30.2 Å². The Hall–Kier alpha value is -3.73. The van der Waals surface area contributed by atoms with Crippen LogP contribution in [0.4, 0.5) is 5.69 Å². The minimum atomic E-state index is -0.632. The lowest BCUT2D eigenvalue weighted by Crippen LogP contribution is -2.12. The summed E-state index contributed by atoms with van der Waals surface area (Å²) in [5.74, 6) is -0.0997. The number of esters is 1. The maximum Gasteiger partial charge on any atom is 0.357 e. The highest BCUT2D eigenvalue weighted by atomic mass is 16.5. The number of aromatic nitrogens is 3. The Balaban J connectivity index is 2.03. The predicted octanol–water partition coefficient (Wildman–Crippen LogP) is 2.34. The van der Waals surface area contributed by atoms with Crippen molar-refractivity contribution in [3.05, 3.63) is 59.2 Å². The normalized spacial score (nSPS) is 10.4. The van der Waals surface area contributed by atoms with E-state index in [1.54, 1.807) is 29.1 Å². The van der Waals surface area contributed by atoms with Gasteiger partial charge >= 0.3 is 5.97 Å². The van der Waals surface area contributed by atoms with Crippen molar-refractivity contribution >= 4 is 11.7 Å². The van der Waals surface area contributed by atoms with E-state index >= 15 is 0 Å². The van der Waals surface area contributed by atoms with E-state index in [9.17, 15) is 10.1 Å². The molecule has 2 aromatic heterocycles. The van der Waals surface area contributed by atoms with Crippen molar-refractivity contribution < 1.29 is 14.3 Å². The number of nitrogens with two attached hydrogens (primary N) is 1. The molecule has 0 saturated heterocycles. The van der Waals surface area contributed by atoms with Crippen molar-refractivity contribution in [2.45, 2.75) is 13.5 Å². The van der Waals surface area contributed by atoms with Gasteiger partial charge in [0, 0.05) is 24.5 Å². The van der Waals surface area contributed by atoms with Crippen LogP contribution in [0.25, 0.3) is 5.69 Å². The van der Waals surface area contributed by atoms with E-state index in [0.717, 1.165) is 11.3 Å². The first-order valence-corrected chi connectivity index (χ1v) is 8.16. The number of nitrogen functional groups attached to an aromatic ring is 1. The molecule has 27 heavy (non-hydrogen) atoms. The van der Waals surface area contributed by atoms with Crippen LogP contribution in [0.3, 0.4) is 0 Å². The van der Waals surface area contributed by atoms with E-state index < -0.39 is 5.97 Å². The number of nitriles is 1. The Labute approximate surface area is 156 Å². The molecule has 0 amide bonds. The van der Waals surface area contributed by atoms with Gasteiger partial charge in [-0.15, -0.1) is 0 Å². The molecule has 3 rings (SSSR count). The van der Waals surface area contributed by atoms with E-state index in [0.29, 0.717) is 18.0 Å². The fourth-order valence-corrected chi connectivity index (χ4v) is 2.72. The smallest absolute Gasteiger partial charge is 0.357 e. The molecule has 8 nitrogen and oxygen atoms in total. The Morgan fingerprint density at radius 2 is 2.11 bits per heavy atom. The van der Waals surface area contributed by atoms with Gasteiger partial charge in [-0.2, -0.15) is 10.4 Å². The van der Waals surface area contributed by atoms with Gasteiger partial charge in [0.2, 0.25) is 0 Å². The monoisotopic (exact) mass is 365 g/mol. The van der Waals surface area contributed by atoms with Gasteiger partial charge in [-0.25, -0.2) is 4.79 Å². The molecule has 0 radical (unpaired) electrons. The standard InChI is InChI=1S/C19H19N5O3/c1-12-14(9-22-23(12)2)11-27-16-7-5-4-6-15(16)24-10-13(8-20)17(21)18(24)19(25)26-3/h4-7,9-10H,11,21H2,1-3H3. The molecular formula is C19H19N5O3. The molecule has 1 aromatic carbocycles. The van der Waals surface area contributed by atoms with Crippen LogP contribution < -0.4 is 10.5 Å². The molecule has 2 heterocycles. The largest absolute Gasteiger partial charge is 0.487 e. The van der Waals surface area contributed by atoms with Crippen LogP contribution in [0, 0.1) is 18.3 Å². The number of carbonyl (C=O) groups is 1. The topological polar surface area (TPSA) is 108 Å². The lowest BCUT2D eigenvalue weighted by atomic mass is 10.2. The molecule has 8 heteroatoms. The number of hydrogen-bond acceptors (Lipinski definition) is 6. The number of carbonyl (C=O) groups excluding carboxylic acids is 1. The molecule has 0 bridgehead atoms. The zero-order valence-electron chi connectivity index (χ0n) is 15.3. The van der Waals surface area contributed by atoms with Crippen LogP contribution in [-0.4, -0.2) is 27.4 Å². The quantitative estimate of drug-likeness (QED) is 0.695. The van der Waals surface area contributed by atoms with Gasteiger partial charge in [0.1, 0.15) is 18.4 Å². The summed E-state index contributed by atoms with van der Waals surface area (Å²) in [7, 11) is 3.13. The number of anilines is 1. The predicted molar refractivity (Wildman–Crippen MR) is 98.5 cm³/mol. The minimum absolute atomic E-state index is 0.0715. The lowest BCUT2D eigenvalue weighted by molar-refractivity contribution is 0.0593. The third kappa shape index (κ3) is 3.22. The van der Waals surface area contributed by atoms with E-state index in [1.165, 1.54) is 17.9 Å². The van der Waals surface area contributed by atoms with E-state index in [1.807, 2.05) is 26.1 Å². The number of nitrogens with zero attached hydrogens (tertiary/aromatic N) is 4. The molecule has 2 N–H and O–H groups in total. The van der Waals surface area contributed by atoms with Crippen LogP contribution in [0.2, 0.25) is 0 Å². The first kappa shape index (κ1) is 18.1. The number of hydrogen-bond donors (Lipinski definition) is 1. The maximum absolute atomic E-state index is 12.2. The number of benzene rings is 1. The number of rotatable bonds is 5. The zero-order valence-corrected chi connectivity index (χ0v) is 15.3. The fourth-order valence-electron chi connectivity index (χ4n) is 2.72. The maximum atomic E-state index is 12.2. The second kappa shape index (κ2) is 7.25. The van der Waals surface area contributed by atoms with Gasteiger partial charge in [-0.1, -0.05) is 12.1 Å². The molecule has 138 valence electrons. The molecule has 0 aliphatic carbocycles. The average molecular weight is 365 g/mol. The van der Waals surface area contributed by atoms with Crippen LogP contribution in [0.1, 0.15) is 27.3 Å². The van der Waals surface area contributed by atoms with Crippen molar-refractivity contribution in [1.29, 1.82) is 5.26 Å². The third-order valence-corrected chi connectivity index (χ3v) is 4.39. The number of methoxy groups -OCH3 is 1. The van der Waals surface area contributed by atoms with Crippen LogP contribution >= 0.6 is 0 Å². The summed E-state index contributed by atoms with van der Waals surface area (Å²) in [5.41, 5.74) is 8.84. The van der Waals surface area contributed by atoms with Crippen molar-refractivity contribution in [2.75, 3.05) is 12.8 Å². The molecule has 0 saturated carbocycles. The Morgan fingerprint density at radius 3 is 2.74 bits per heavy atom. The zero-order chi connectivity index (χ0) is 19.6. The minimum Gasteiger partial charge on any atom is -0.487 e. The summed E-state index contributed by atoms with van der Waals surface area (Å²) in [5, 5.41) is 13.5. The summed E-state index contributed by atoms with van der Waals surface area (Å²) < 4.78 is 14.1. The van der Waals surface area contributed by atoms with Crippen LogP contribution in [-0.2, 0) is 18.4 Å². The highest BCUT2D eigenvalue weighted by Crippen LogP contribution is 2.30.